The van der Waals surface area contributed by atoms with Gasteiger partial charge >= 0.3 is 11.0 Å². The van der Waals surface area contributed by atoms with Crippen LogP contribution in [0.1, 0.15) is 21.9 Å². The third kappa shape index (κ3) is 5.21. The van der Waals surface area contributed by atoms with Gasteiger partial charge in [-0.15, -0.1) is 0 Å². The number of phenolic OH excluding ortho intramolecular Hbond substituents is 1. The molecule has 3 atom stereocenters. The Morgan fingerprint density at radius 1 is 0.977 bits per heavy atom. The van der Waals surface area contributed by atoms with Crippen LogP contribution in [0, 0.1) is 5.92 Å². The Morgan fingerprint density at radius 3 is 2.40 bits per heavy atom. The highest BCUT2D eigenvalue weighted by molar-refractivity contribution is 8.00. The van der Waals surface area contributed by atoms with Crippen molar-refractivity contribution in [3.8, 4) is 5.75 Å². The van der Waals surface area contributed by atoms with E-state index in [-0.39, 0.29) is 16.5 Å². The average Bonchev–Trinajstić information content (AvgIpc) is 3.40. The summed E-state index contributed by atoms with van der Waals surface area (Å²) in [5.74, 6) is -3.81. The lowest BCUT2D eigenvalue weighted by atomic mass is 9.82. The fourth-order valence-corrected chi connectivity index (χ4v) is 8.19. The number of rotatable bonds is 5. The van der Waals surface area contributed by atoms with Crippen molar-refractivity contribution < 1.29 is 32.7 Å². The van der Waals surface area contributed by atoms with Gasteiger partial charge < -0.3 is 10.4 Å². The van der Waals surface area contributed by atoms with Crippen molar-refractivity contribution in [3.05, 3.63) is 103 Å². The van der Waals surface area contributed by atoms with Crippen LogP contribution < -0.4 is 15.1 Å². The minimum absolute atomic E-state index is 0.105. The number of halogens is 4. The highest BCUT2D eigenvalue weighted by atomic mass is 35.5. The monoisotopic (exact) mass is 645 g/mol. The number of thioether (sulfide) groups is 1. The van der Waals surface area contributed by atoms with Gasteiger partial charge in [0.25, 0.3) is 0 Å². The zero-order valence-electron chi connectivity index (χ0n) is 21.7. The molecule has 0 bridgehead atoms. The van der Waals surface area contributed by atoms with Crippen LogP contribution in [0.4, 0.5) is 24.5 Å². The van der Waals surface area contributed by atoms with E-state index in [0.717, 1.165) is 50.8 Å². The molecule has 0 spiro atoms. The second-order valence-corrected chi connectivity index (χ2v) is 12.4. The zero-order valence-corrected chi connectivity index (χ0v) is 24.1. The van der Waals surface area contributed by atoms with Gasteiger partial charge in [0.05, 0.1) is 22.2 Å². The number of fused-ring (bicyclic) bond motifs is 2. The van der Waals surface area contributed by atoms with Crippen LogP contribution in [-0.4, -0.2) is 32.6 Å². The molecular weight excluding hydrogens is 627 g/mol. The van der Waals surface area contributed by atoms with E-state index in [0.29, 0.717) is 21.2 Å². The SMILES string of the molecule is O=C(Cn1c2c(sc1=O)[C@@H](c1ccccc1O)[C@H]1C(=O)N(c3ccc(Cl)cc3)C(=O)[C@H]1S2)Nc1cccc(C(F)(F)F)c1. The largest absolute Gasteiger partial charge is 0.508 e. The van der Waals surface area contributed by atoms with Gasteiger partial charge in [0.1, 0.15) is 17.5 Å². The average molecular weight is 646 g/mol. The van der Waals surface area contributed by atoms with Crippen molar-refractivity contribution >= 4 is 63.8 Å². The molecule has 3 amide bonds. The van der Waals surface area contributed by atoms with Gasteiger partial charge in [0, 0.05) is 27.1 Å². The number of hydrogen-bond acceptors (Lipinski definition) is 7. The number of thiazole rings is 1. The van der Waals surface area contributed by atoms with Crippen molar-refractivity contribution in [2.24, 2.45) is 5.92 Å². The molecule has 0 saturated carbocycles. The molecule has 3 aromatic carbocycles. The molecule has 1 fully saturated rings. The van der Waals surface area contributed by atoms with E-state index in [1.54, 1.807) is 42.5 Å². The first-order valence-electron chi connectivity index (χ1n) is 12.7. The van der Waals surface area contributed by atoms with Crippen LogP contribution in [-0.2, 0) is 27.1 Å². The van der Waals surface area contributed by atoms with Crippen molar-refractivity contribution in [1.29, 1.82) is 0 Å². The molecule has 6 rings (SSSR count). The van der Waals surface area contributed by atoms with Crippen LogP contribution in [0.5, 0.6) is 5.75 Å². The van der Waals surface area contributed by atoms with Crippen molar-refractivity contribution in [2.75, 3.05) is 10.2 Å². The molecule has 0 aliphatic carbocycles. The number of anilines is 2. The third-order valence-electron chi connectivity index (χ3n) is 7.18. The Labute approximate surface area is 254 Å². The quantitative estimate of drug-likeness (QED) is 0.269. The first-order chi connectivity index (χ1) is 20.4. The molecule has 220 valence electrons. The lowest BCUT2D eigenvalue weighted by Crippen LogP contribution is -2.33. The Balaban J connectivity index is 1.39. The van der Waals surface area contributed by atoms with Crippen LogP contribution in [0.25, 0.3) is 0 Å². The normalized spacial score (nSPS) is 19.7. The molecule has 8 nitrogen and oxygen atoms in total. The number of phenols is 1. The van der Waals surface area contributed by atoms with Crippen LogP contribution >= 0.6 is 34.7 Å². The Bertz CT molecular complexity index is 1840. The van der Waals surface area contributed by atoms with Gasteiger partial charge in [0.15, 0.2) is 0 Å². The molecule has 14 heteroatoms. The van der Waals surface area contributed by atoms with E-state index >= 15 is 0 Å². The number of hydrogen-bond donors (Lipinski definition) is 2. The Kier molecular flexibility index (Phi) is 7.35. The fraction of sp³-hybridized carbons (Fsp3) is 0.172. The van der Waals surface area contributed by atoms with Crippen LogP contribution in [0.2, 0.25) is 5.02 Å². The molecular formula is C29H19ClF3N3O5S2. The van der Waals surface area contributed by atoms with Crippen molar-refractivity contribution in [2.45, 2.75) is 28.9 Å². The fourth-order valence-electron chi connectivity index (χ4n) is 5.30. The smallest absolute Gasteiger partial charge is 0.416 e. The van der Waals surface area contributed by atoms with E-state index in [1.807, 2.05) is 0 Å². The van der Waals surface area contributed by atoms with Gasteiger partial charge in [-0.05, 0) is 48.5 Å². The zero-order chi connectivity index (χ0) is 30.6. The summed E-state index contributed by atoms with van der Waals surface area (Å²) in [5.41, 5.74) is -0.407. The van der Waals surface area contributed by atoms with Gasteiger partial charge in [-0.2, -0.15) is 13.2 Å². The van der Waals surface area contributed by atoms with Gasteiger partial charge in [-0.25, -0.2) is 4.90 Å². The van der Waals surface area contributed by atoms with E-state index < -0.39 is 58.0 Å². The lowest BCUT2D eigenvalue weighted by Gasteiger charge is -2.31. The standard InChI is InChI=1S/C29H19ClF3N3O5S2/c30-15-8-10-17(11-9-15)36-25(39)22-21(18-6-1-2-7-19(18)37)24-27(42-23(22)26(36)40)35(28(41)43-24)13-20(38)34-16-5-3-4-14(12-16)29(31,32)33/h1-12,21-23,37H,13H2,(H,34,38)/t21-,22+,23-/m0/s1. The molecule has 2 aliphatic heterocycles. The maximum absolute atomic E-state index is 13.9. The molecule has 2 N–H and O–H groups in total. The number of para-hydroxylation sites is 1. The minimum atomic E-state index is -4.61. The Hall–Kier alpha value is -4.07. The van der Waals surface area contributed by atoms with E-state index in [4.69, 9.17) is 11.6 Å². The number of aromatic hydroxyl groups is 1. The maximum Gasteiger partial charge on any atom is 0.416 e. The molecule has 0 radical (unpaired) electrons. The summed E-state index contributed by atoms with van der Waals surface area (Å²) in [7, 11) is 0. The van der Waals surface area contributed by atoms with Gasteiger partial charge in [-0.3, -0.25) is 23.7 Å². The van der Waals surface area contributed by atoms with Gasteiger partial charge in [-0.1, -0.05) is 59.0 Å². The van der Waals surface area contributed by atoms with Crippen molar-refractivity contribution in [1.82, 2.24) is 4.57 Å². The number of imide groups is 1. The summed E-state index contributed by atoms with van der Waals surface area (Å²) in [5, 5.41) is 12.9. The first kappa shape index (κ1) is 29.0. The highest BCUT2D eigenvalue weighted by Gasteiger charge is 2.57. The highest BCUT2D eigenvalue weighted by Crippen LogP contribution is 2.55. The summed E-state index contributed by atoms with van der Waals surface area (Å²) in [4.78, 5) is 54.7. The number of carbonyl (C=O) groups is 3. The number of nitrogens with zero attached hydrogens (tertiary/aromatic N) is 2. The predicted octanol–water partition coefficient (Wildman–Crippen LogP) is 5.72. The topological polar surface area (TPSA) is 109 Å². The number of aromatic nitrogens is 1. The minimum Gasteiger partial charge on any atom is -0.508 e. The van der Waals surface area contributed by atoms with Crippen molar-refractivity contribution in [3.63, 3.8) is 0 Å². The summed E-state index contributed by atoms with van der Waals surface area (Å²) < 4.78 is 40.6. The second kappa shape index (κ2) is 10.9. The number of carbonyl (C=O) groups excluding carboxylic acids is 3. The second-order valence-electron chi connectivity index (χ2n) is 9.84. The van der Waals surface area contributed by atoms with E-state index in [2.05, 4.69) is 5.32 Å². The first-order valence-corrected chi connectivity index (χ1v) is 14.8. The summed E-state index contributed by atoms with van der Waals surface area (Å²) in [6.07, 6.45) is -4.61. The molecule has 43 heavy (non-hydrogen) atoms. The molecule has 1 aromatic heterocycles. The molecule has 3 heterocycles. The number of amides is 3. The number of benzene rings is 3. The molecule has 0 unspecified atom stereocenters. The number of nitrogens with one attached hydrogen (secondary N) is 1. The van der Waals surface area contributed by atoms with Gasteiger partial charge in [0.2, 0.25) is 17.7 Å². The third-order valence-corrected chi connectivity index (χ3v) is 10.0. The van der Waals surface area contributed by atoms with E-state index in [9.17, 15) is 37.5 Å². The predicted molar refractivity (Wildman–Crippen MR) is 156 cm³/mol. The summed E-state index contributed by atoms with van der Waals surface area (Å²) in [6.45, 7) is -0.554. The van der Waals surface area contributed by atoms with E-state index in [1.165, 1.54) is 12.1 Å². The maximum atomic E-state index is 13.9. The molecule has 2 aliphatic rings. The molecule has 4 aromatic rings. The summed E-state index contributed by atoms with van der Waals surface area (Å²) >= 11 is 7.75. The summed E-state index contributed by atoms with van der Waals surface area (Å²) in [6, 6.07) is 16.6. The molecule has 1 saturated heterocycles. The van der Waals surface area contributed by atoms with Crippen LogP contribution in [0.15, 0.2) is 82.6 Å². The number of alkyl halides is 3. The lowest BCUT2D eigenvalue weighted by molar-refractivity contribution is -0.137. The Morgan fingerprint density at radius 2 is 1.70 bits per heavy atom. The van der Waals surface area contributed by atoms with Crippen LogP contribution in [0.3, 0.4) is 0 Å².